The van der Waals surface area contributed by atoms with Crippen molar-refractivity contribution in [2.75, 3.05) is 12.0 Å². The Bertz CT molecular complexity index is 676. The molecular weight excluding hydrogens is 324 g/mol. The van der Waals surface area contributed by atoms with E-state index in [2.05, 4.69) is 5.32 Å². The minimum Gasteiger partial charge on any atom is -0.464 e. The SMILES string of the molecule is CSCC(=O)NC(Cc1coc2c(C)c(Cl)ccc12)B(O)O. The molecule has 0 saturated heterocycles. The molecule has 5 nitrogen and oxygen atoms in total. The monoisotopic (exact) mass is 341 g/mol. The second-order valence-corrected chi connectivity index (χ2v) is 6.31. The number of nitrogens with one attached hydrogen (secondary N) is 1. The van der Waals surface area contributed by atoms with Crippen LogP contribution >= 0.6 is 23.4 Å². The van der Waals surface area contributed by atoms with Crippen LogP contribution in [0.25, 0.3) is 11.0 Å². The first-order valence-corrected chi connectivity index (χ1v) is 8.50. The van der Waals surface area contributed by atoms with Crippen molar-refractivity contribution in [1.82, 2.24) is 5.32 Å². The van der Waals surface area contributed by atoms with Crippen molar-refractivity contribution in [3.8, 4) is 0 Å². The molecule has 8 heteroatoms. The fourth-order valence-electron chi connectivity index (χ4n) is 2.27. The maximum Gasteiger partial charge on any atom is 0.475 e. The molecule has 2 rings (SSSR count). The summed E-state index contributed by atoms with van der Waals surface area (Å²) in [6.07, 6.45) is 3.62. The molecule has 2 aromatic rings. The summed E-state index contributed by atoms with van der Waals surface area (Å²) >= 11 is 7.43. The standard InChI is InChI=1S/C14H17BClNO4S/c1-8-11(16)4-3-10-9(6-21-14(8)10)5-12(15(19)20)17-13(18)7-22-2/h3-4,6,12,19-20H,5,7H2,1-2H3,(H,17,18). The van der Waals surface area contributed by atoms with Crippen LogP contribution in [0.3, 0.4) is 0 Å². The third-order valence-corrected chi connectivity index (χ3v) is 4.39. The van der Waals surface area contributed by atoms with Crippen molar-refractivity contribution in [3.63, 3.8) is 0 Å². The number of fused-ring (bicyclic) bond motifs is 1. The molecule has 0 aliphatic heterocycles. The van der Waals surface area contributed by atoms with Crippen molar-refractivity contribution in [3.05, 3.63) is 34.5 Å². The van der Waals surface area contributed by atoms with Crippen molar-refractivity contribution >= 4 is 47.4 Å². The first-order valence-electron chi connectivity index (χ1n) is 6.73. The van der Waals surface area contributed by atoms with E-state index in [1.54, 1.807) is 18.6 Å². The van der Waals surface area contributed by atoms with Gasteiger partial charge >= 0.3 is 7.12 Å². The van der Waals surface area contributed by atoms with Gasteiger partial charge in [0.15, 0.2) is 0 Å². The summed E-state index contributed by atoms with van der Waals surface area (Å²) < 4.78 is 5.53. The minimum atomic E-state index is -1.65. The number of hydrogen-bond acceptors (Lipinski definition) is 5. The lowest BCUT2D eigenvalue weighted by Crippen LogP contribution is -2.48. The molecule has 1 unspecified atom stereocenters. The zero-order valence-corrected chi connectivity index (χ0v) is 13.9. The summed E-state index contributed by atoms with van der Waals surface area (Å²) in [5, 5.41) is 23.0. The van der Waals surface area contributed by atoms with Gasteiger partial charge in [0.2, 0.25) is 5.91 Å². The minimum absolute atomic E-state index is 0.238. The van der Waals surface area contributed by atoms with Crippen molar-refractivity contribution < 1.29 is 19.3 Å². The number of hydrogen-bond donors (Lipinski definition) is 3. The Morgan fingerprint density at radius 2 is 2.23 bits per heavy atom. The van der Waals surface area contributed by atoms with Crippen LogP contribution < -0.4 is 5.32 Å². The molecule has 1 heterocycles. The molecule has 0 radical (unpaired) electrons. The second kappa shape index (κ2) is 7.41. The van der Waals surface area contributed by atoms with E-state index in [0.717, 1.165) is 16.5 Å². The van der Waals surface area contributed by atoms with Gasteiger partial charge in [-0.25, -0.2) is 0 Å². The van der Waals surface area contributed by atoms with Gasteiger partial charge in [-0.15, -0.1) is 0 Å². The molecule has 118 valence electrons. The topological polar surface area (TPSA) is 82.7 Å². The molecule has 0 bridgehead atoms. The number of aryl methyl sites for hydroxylation is 1. The summed E-state index contributed by atoms with van der Waals surface area (Å²) in [6.45, 7) is 1.86. The van der Waals surface area contributed by atoms with E-state index >= 15 is 0 Å². The van der Waals surface area contributed by atoms with E-state index < -0.39 is 13.1 Å². The van der Waals surface area contributed by atoms with Gasteiger partial charge in [-0.05, 0) is 37.3 Å². The van der Waals surface area contributed by atoms with E-state index in [1.807, 2.05) is 13.0 Å². The maximum absolute atomic E-state index is 11.7. The van der Waals surface area contributed by atoms with Crippen molar-refractivity contribution in [1.29, 1.82) is 0 Å². The summed E-state index contributed by atoms with van der Waals surface area (Å²) in [7, 11) is -1.65. The van der Waals surface area contributed by atoms with Gasteiger partial charge in [0, 0.05) is 16.0 Å². The van der Waals surface area contributed by atoms with Gasteiger partial charge in [0.05, 0.1) is 18.0 Å². The van der Waals surface area contributed by atoms with Crippen LogP contribution in [0, 0.1) is 6.92 Å². The molecule has 1 atom stereocenters. The van der Waals surface area contributed by atoms with Gasteiger partial charge in [0.1, 0.15) is 5.58 Å². The zero-order valence-electron chi connectivity index (χ0n) is 12.3. The quantitative estimate of drug-likeness (QED) is 0.698. The molecule has 22 heavy (non-hydrogen) atoms. The first-order chi connectivity index (χ1) is 10.4. The Labute approximate surface area is 138 Å². The Hall–Kier alpha value is -1.15. The molecule has 3 N–H and O–H groups in total. The lowest BCUT2D eigenvalue weighted by Gasteiger charge is -2.17. The van der Waals surface area contributed by atoms with E-state index in [1.165, 1.54) is 11.8 Å². The van der Waals surface area contributed by atoms with Gasteiger partial charge in [-0.1, -0.05) is 11.6 Å². The number of benzene rings is 1. The van der Waals surface area contributed by atoms with Gasteiger partial charge in [-0.3, -0.25) is 4.79 Å². The average Bonchev–Trinajstić information content (AvgIpc) is 2.86. The van der Waals surface area contributed by atoms with Gasteiger partial charge in [0.25, 0.3) is 0 Å². The van der Waals surface area contributed by atoms with Crippen LogP contribution in [0.15, 0.2) is 22.8 Å². The molecule has 1 amide bonds. The van der Waals surface area contributed by atoms with Crippen molar-refractivity contribution in [2.24, 2.45) is 0 Å². The van der Waals surface area contributed by atoms with Crippen LogP contribution in [0.2, 0.25) is 5.02 Å². The van der Waals surface area contributed by atoms with E-state index in [4.69, 9.17) is 16.0 Å². The third kappa shape index (κ3) is 3.78. The number of thioether (sulfide) groups is 1. The number of amides is 1. The highest BCUT2D eigenvalue weighted by Gasteiger charge is 2.27. The predicted molar refractivity (Wildman–Crippen MR) is 90.2 cm³/mol. The Kier molecular flexibility index (Phi) is 5.80. The highest BCUT2D eigenvalue weighted by molar-refractivity contribution is 7.99. The largest absolute Gasteiger partial charge is 0.475 e. The highest BCUT2D eigenvalue weighted by Crippen LogP contribution is 2.29. The fourth-order valence-corrected chi connectivity index (χ4v) is 2.77. The lowest BCUT2D eigenvalue weighted by atomic mass is 9.76. The van der Waals surface area contributed by atoms with Gasteiger partial charge < -0.3 is 19.8 Å². The summed E-state index contributed by atoms with van der Waals surface area (Å²) in [5.74, 6) is -0.765. The number of rotatable bonds is 6. The Morgan fingerprint density at radius 3 is 2.86 bits per heavy atom. The average molecular weight is 342 g/mol. The normalized spacial score (nSPS) is 12.4. The number of furan rings is 1. The molecule has 0 fully saturated rings. The number of carbonyl (C=O) groups excluding carboxylic acids is 1. The second-order valence-electron chi connectivity index (χ2n) is 5.03. The third-order valence-electron chi connectivity index (χ3n) is 3.43. The lowest BCUT2D eigenvalue weighted by molar-refractivity contribution is -0.118. The fraction of sp³-hybridized carbons (Fsp3) is 0.357. The van der Waals surface area contributed by atoms with Crippen molar-refractivity contribution in [2.45, 2.75) is 19.3 Å². The molecule has 0 saturated carbocycles. The van der Waals surface area contributed by atoms with Crippen LogP contribution in [-0.2, 0) is 11.2 Å². The highest BCUT2D eigenvalue weighted by atomic mass is 35.5. The molecule has 0 aliphatic carbocycles. The smallest absolute Gasteiger partial charge is 0.464 e. The van der Waals surface area contributed by atoms with E-state index in [0.29, 0.717) is 10.6 Å². The van der Waals surface area contributed by atoms with Crippen LogP contribution in [0.4, 0.5) is 0 Å². The number of carbonyl (C=O) groups is 1. The molecular formula is C14H17BClNO4S. The molecule has 1 aromatic carbocycles. The molecule has 0 aliphatic rings. The summed E-state index contributed by atoms with van der Waals surface area (Å²) in [4.78, 5) is 11.7. The summed E-state index contributed by atoms with van der Waals surface area (Å²) in [6, 6.07) is 3.60. The van der Waals surface area contributed by atoms with Gasteiger partial charge in [-0.2, -0.15) is 11.8 Å². The molecule has 0 spiro atoms. The first kappa shape index (κ1) is 17.2. The Balaban J connectivity index is 2.23. The van der Waals surface area contributed by atoms with Crippen LogP contribution in [-0.4, -0.2) is 41.0 Å². The Morgan fingerprint density at radius 1 is 1.50 bits per heavy atom. The van der Waals surface area contributed by atoms with Crippen LogP contribution in [0.5, 0.6) is 0 Å². The maximum atomic E-state index is 11.7. The van der Waals surface area contributed by atoms with Crippen LogP contribution in [0.1, 0.15) is 11.1 Å². The predicted octanol–water partition coefficient (Wildman–Crippen LogP) is 1.80. The zero-order chi connectivity index (χ0) is 16.3. The van der Waals surface area contributed by atoms with E-state index in [9.17, 15) is 14.8 Å². The summed E-state index contributed by atoms with van der Waals surface area (Å²) in [5.41, 5.74) is 2.29. The number of halogens is 1. The molecule has 1 aromatic heterocycles. The van der Waals surface area contributed by atoms with E-state index in [-0.39, 0.29) is 18.1 Å².